The van der Waals surface area contributed by atoms with Crippen molar-refractivity contribution in [1.82, 2.24) is 15.5 Å². The van der Waals surface area contributed by atoms with E-state index >= 15 is 0 Å². The van der Waals surface area contributed by atoms with Crippen LogP contribution in [0.2, 0.25) is 0 Å². The molecule has 2 amide bonds. The molecule has 2 aliphatic rings. The molecule has 0 aliphatic carbocycles. The second-order valence-electron chi connectivity index (χ2n) is 7.32. The average Bonchev–Trinajstić information content (AvgIpc) is 2.71. The minimum Gasteiger partial charge on any atom is -0.369 e. The summed E-state index contributed by atoms with van der Waals surface area (Å²) in [5.41, 5.74) is 1.25. The molecule has 0 radical (unpaired) electrons. The lowest BCUT2D eigenvalue weighted by Gasteiger charge is -2.35. The summed E-state index contributed by atoms with van der Waals surface area (Å²) in [5, 5.41) is 6.80. The monoisotopic (exact) mass is 385 g/mol. The first-order chi connectivity index (χ1) is 13.7. The molecule has 0 aromatic heterocycles. The Bertz CT molecular complexity index is 675. The maximum atomic E-state index is 11.9. The van der Waals surface area contributed by atoms with Crippen LogP contribution < -0.4 is 15.5 Å². The zero-order valence-electron chi connectivity index (χ0n) is 16.7. The molecular weight excluding hydrogens is 354 g/mol. The lowest BCUT2D eigenvalue weighted by Crippen LogP contribution is -2.51. The van der Waals surface area contributed by atoms with Gasteiger partial charge in [0, 0.05) is 50.7 Å². The number of nitrogens with zero attached hydrogens (tertiary/aromatic N) is 3. The SMILES string of the molecule is CCNC(=NCCN1C(=O)CCCC1=O)NC1CCCN(c2ccccc2)C1. The van der Waals surface area contributed by atoms with Gasteiger partial charge < -0.3 is 15.5 Å². The smallest absolute Gasteiger partial charge is 0.229 e. The second kappa shape index (κ2) is 10.1. The third kappa shape index (κ3) is 5.47. The number of likely N-dealkylation sites (tertiary alicyclic amines) is 1. The van der Waals surface area contributed by atoms with Gasteiger partial charge in [0.25, 0.3) is 0 Å². The third-order valence-corrected chi connectivity index (χ3v) is 5.20. The van der Waals surface area contributed by atoms with E-state index in [1.807, 2.05) is 13.0 Å². The van der Waals surface area contributed by atoms with Gasteiger partial charge in [-0.15, -0.1) is 0 Å². The number of anilines is 1. The molecule has 2 heterocycles. The molecule has 0 bridgehead atoms. The van der Waals surface area contributed by atoms with Crippen LogP contribution in [0, 0.1) is 0 Å². The highest BCUT2D eigenvalue weighted by Crippen LogP contribution is 2.19. The summed E-state index contributed by atoms with van der Waals surface area (Å²) < 4.78 is 0. The molecule has 2 aliphatic heterocycles. The molecule has 28 heavy (non-hydrogen) atoms. The van der Waals surface area contributed by atoms with Crippen LogP contribution in [0.1, 0.15) is 39.0 Å². The fraction of sp³-hybridized carbons (Fsp3) is 0.571. The van der Waals surface area contributed by atoms with Gasteiger partial charge in [-0.3, -0.25) is 19.5 Å². The number of benzene rings is 1. The predicted octanol–water partition coefficient (Wildman–Crippen LogP) is 1.75. The number of carbonyl (C=O) groups is 2. The molecule has 1 aromatic carbocycles. The Morgan fingerprint density at radius 1 is 1.14 bits per heavy atom. The number of hydrogen-bond acceptors (Lipinski definition) is 4. The van der Waals surface area contributed by atoms with Crippen LogP contribution >= 0.6 is 0 Å². The van der Waals surface area contributed by atoms with E-state index in [9.17, 15) is 9.59 Å². The third-order valence-electron chi connectivity index (χ3n) is 5.20. The Balaban J connectivity index is 1.55. The van der Waals surface area contributed by atoms with Crippen LogP contribution in [-0.2, 0) is 9.59 Å². The number of piperidine rings is 2. The minimum absolute atomic E-state index is 0.0739. The van der Waals surface area contributed by atoms with E-state index in [1.54, 1.807) is 0 Å². The zero-order chi connectivity index (χ0) is 19.8. The Morgan fingerprint density at radius 2 is 1.89 bits per heavy atom. The molecule has 152 valence electrons. The number of carbonyl (C=O) groups excluding carboxylic acids is 2. The van der Waals surface area contributed by atoms with Crippen LogP contribution in [0.25, 0.3) is 0 Å². The average molecular weight is 386 g/mol. The largest absolute Gasteiger partial charge is 0.369 e. The van der Waals surface area contributed by atoms with Crippen molar-refractivity contribution < 1.29 is 9.59 Å². The number of hydrogen-bond donors (Lipinski definition) is 2. The standard InChI is InChI=1S/C21H31N5O2/c1-2-22-21(23-13-15-26-19(27)11-6-12-20(26)28)24-17-8-7-14-25(16-17)18-9-4-3-5-10-18/h3-5,9-10,17H,2,6-8,11-16H2,1H3,(H2,22,23,24). The quantitative estimate of drug-likeness (QED) is 0.443. The highest BCUT2D eigenvalue weighted by molar-refractivity contribution is 5.97. The molecule has 1 atom stereocenters. The fourth-order valence-electron chi connectivity index (χ4n) is 3.79. The summed E-state index contributed by atoms with van der Waals surface area (Å²) in [6.07, 6.45) is 3.82. The molecule has 7 heteroatoms. The van der Waals surface area contributed by atoms with Crippen molar-refractivity contribution in [3.63, 3.8) is 0 Å². The van der Waals surface area contributed by atoms with Crippen molar-refractivity contribution >= 4 is 23.5 Å². The van der Waals surface area contributed by atoms with Crippen LogP contribution in [0.3, 0.4) is 0 Å². The number of imide groups is 1. The first kappa shape index (κ1) is 20.2. The maximum Gasteiger partial charge on any atom is 0.229 e. The van der Waals surface area contributed by atoms with Gasteiger partial charge in [0.05, 0.1) is 6.54 Å². The van der Waals surface area contributed by atoms with Gasteiger partial charge in [0.2, 0.25) is 11.8 Å². The molecule has 1 unspecified atom stereocenters. The van der Waals surface area contributed by atoms with Crippen molar-refractivity contribution in [2.24, 2.45) is 4.99 Å². The summed E-state index contributed by atoms with van der Waals surface area (Å²) in [6.45, 7) is 5.57. The van der Waals surface area contributed by atoms with Crippen molar-refractivity contribution in [2.45, 2.75) is 45.1 Å². The molecule has 2 N–H and O–H groups in total. The van der Waals surface area contributed by atoms with E-state index in [4.69, 9.17) is 0 Å². The fourth-order valence-corrected chi connectivity index (χ4v) is 3.79. The van der Waals surface area contributed by atoms with Gasteiger partial charge in [-0.25, -0.2) is 0 Å². The Morgan fingerprint density at radius 3 is 2.61 bits per heavy atom. The van der Waals surface area contributed by atoms with E-state index < -0.39 is 0 Å². The molecule has 3 rings (SSSR count). The lowest BCUT2D eigenvalue weighted by molar-refractivity contribution is -0.147. The topological polar surface area (TPSA) is 77.0 Å². The predicted molar refractivity (Wildman–Crippen MR) is 111 cm³/mol. The van der Waals surface area contributed by atoms with Gasteiger partial charge in [-0.1, -0.05) is 18.2 Å². The normalized spacial score (nSPS) is 21.0. The minimum atomic E-state index is -0.0739. The van der Waals surface area contributed by atoms with Crippen LogP contribution in [-0.4, -0.2) is 61.4 Å². The van der Waals surface area contributed by atoms with E-state index in [1.165, 1.54) is 10.6 Å². The van der Waals surface area contributed by atoms with Crippen molar-refractivity contribution in [1.29, 1.82) is 0 Å². The molecule has 0 spiro atoms. The molecule has 1 aromatic rings. The molecule has 0 saturated carbocycles. The van der Waals surface area contributed by atoms with E-state index in [0.29, 0.717) is 38.4 Å². The second-order valence-corrected chi connectivity index (χ2v) is 7.32. The Hall–Kier alpha value is -2.57. The Kier molecular flexibility index (Phi) is 7.28. The van der Waals surface area contributed by atoms with Crippen LogP contribution in [0.4, 0.5) is 5.69 Å². The number of rotatable bonds is 6. The highest BCUT2D eigenvalue weighted by Gasteiger charge is 2.25. The van der Waals surface area contributed by atoms with Crippen molar-refractivity contribution in [3.05, 3.63) is 30.3 Å². The summed E-state index contributed by atoms with van der Waals surface area (Å²) in [5.74, 6) is 0.602. The van der Waals surface area contributed by atoms with Gasteiger partial charge in [-0.2, -0.15) is 0 Å². The number of nitrogens with one attached hydrogen (secondary N) is 2. The summed E-state index contributed by atoms with van der Waals surface area (Å²) in [7, 11) is 0. The van der Waals surface area contributed by atoms with Crippen LogP contribution in [0.15, 0.2) is 35.3 Å². The molecule has 7 nitrogen and oxygen atoms in total. The number of amides is 2. The van der Waals surface area contributed by atoms with Gasteiger partial charge in [-0.05, 0) is 38.3 Å². The summed E-state index contributed by atoms with van der Waals surface area (Å²) in [6, 6.07) is 10.8. The van der Waals surface area contributed by atoms with Gasteiger partial charge >= 0.3 is 0 Å². The van der Waals surface area contributed by atoms with Crippen LogP contribution in [0.5, 0.6) is 0 Å². The molecular formula is C21H31N5O2. The number of aliphatic imine (C=N–C) groups is 1. The first-order valence-corrected chi connectivity index (χ1v) is 10.4. The van der Waals surface area contributed by atoms with E-state index in [0.717, 1.165) is 38.4 Å². The van der Waals surface area contributed by atoms with E-state index in [2.05, 4.69) is 44.8 Å². The Labute approximate surface area is 167 Å². The van der Waals surface area contributed by atoms with Gasteiger partial charge in [0.15, 0.2) is 5.96 Å². The first-order valence-electron chi connectivity index (χ1n) is 10.4. The summed E-state index contributed by atoms with van der Waals surface area (Å²) >= 11 is 0. The number of guanidine groups is 1. The molecule has 2 saturated heterocycles. The zero-order valence-corrected chi connectivity index (χ0v) is 16.7. The maximum absolute atomic E-state index is 11.9. The lowest BCUT2D eigenvalue weighted by atomic mass is 10.1. The van der Waals surface area contributed by atoms with Crippen molar-refractivity contribution in [3.8, 4) is 0 Å². The van der Waals surface area contributed by atoms with Crippen molar-refractivity contribution in [2.75, 3.05) is 37.6 Å². The summed E-state index contributed by atoms with van der Waals surface area (Å²) in [4.78, 5) is 32.2. The molecule has 2 fully saturated rings. The number of para-hydroxylation sites is 1. The van der Waals surface area contributed by atoms with Gasteiger partial charge in [0.1, 0.15) is 0 Å². The van der Waals surface area contributed by atoms with E-state index in [-0.39, 0.29) is 11.8 Å². The highest BCUT2D eigenvalue weighted by atomic mass is 16.2.